The van der Waals surface area contributed by atoms with Crippen molar-refractivity contribution in [3.8, 4) is 0 Å². The van der Waals surface area contributed by atoms with Crippen molar-refractivity contribution in [1.82, 2.24) is 9.88 Å². The molecule has 0 atom stereocenters. The molecular weight excluding hydrogens is 250 g/mol. The smallest absolute Gasteiger partial charge is 0.130 e. The molecular formula is C16H23N3O. The molecule has 0 saturated carbocycles. The van der Waals surface area contributed by atoms with E-state index < -0.39 is 0 Å². The van der Waals surface area contributed by atoms with Crippen molar-refractivity contribution >= 4 is 16.7 Å². The number of aromatic nitrogens is 1. The number of nitrogens with zero attached hydrogens (tertiary/aromatic N) is 2. The molecule has 0 fully saturated rings. The molecule has 1 aromatic carbocycles. The lowest BCUT2D eigenvalue weighted by Crippen LogP contribution is -2.33. The molecule has 0 spiro atoms. The maximum Gasteiger partial charge on any atom is 0.130 e. The summed E-state index contributed by atoms with van der Waals surface area (Å²) in [5.41, 5.74) is 2.16. The number of benzene rings is 1. The first-order chi connectivity index (χ1) is 9.65. The molecule has 1 aromatic heterocycles. The lowest BCUT2D eigenvalue weighted by molar-refractivity contribution is 0.159. The fourth-order valence-corrected chi connectivity index (χ4v) is 2.36. The van der Waals surface area contributed by atoms with E-state index in [4.69, 9.17) is 0 Å². The summed E-state index contributed by atoms with van der Waals surface area (Å²) in [7, 11) is 1.90. The van der Waals surface area contributed by atoms with Crippen LogP contribution >= 0.6 is 0 Å². The summed E-state index contributed by atoms with van der Waals surface area (Å²) in [6.07, 6.45) is 0. The molecule has 0 radical (unpaired) electrons. The largest absolute Gasteiger partial charge is 0.395 e. The Balaban J connectivity index is 2.36. The zero-order valence-electron chi connectivity index (χ0n) is 12.4. The average molecular weight is 273 g/mol. The standard InChI is InChI=1S/C16H23N3O/c1-12(2)19(8-9-20)11-14-10-13-6-4-5-7-15(13)18-16(14)17-3/h4-7,10,12,20H,8-9,11H2,1-3H3,(H,17,18). The second-order valence-electron chi connectivity index (χ2n) is 5.23. The topological polar surface area (TPSA) is 48.4 Å². The quantitative estimate of drug-likeness (QED) is 0.849. The highest BCUT2D eigenvalue weighted by molar-refractivity contribution is 5.81. The number of rotatable bonds is 6. The Kier molecular flexibility index (Phi) is 4.93. The van der Waals surface area contributed by atoms with E-state index in [9.17, 15) is 5.11 Å². The number of fused-ring (bicyclic) bond motifs is 1. The van der Waals surface area contributed by atoms with E-state index in [1.54, 1.807) is 0 Å². The summed E-state index contributed by atoms with van der Waals surface area (Å²) in [4.78, 5) is 6.91. The molecule has 1 heterocycles. The van der Waals surface area contributed by atoms with Crippen molar-refractivity contribution < 1.29 is 5.11 Å². The average Bonchev–Trinajstić information content (AvgIpc) is 2.45. The number of aliphatic hydroxyl groups is 1. The Morgan fingerprint density at radius 3 is 2.70 bits per heavy atom. The molecule has 0 aliphatic rings. The number of para-hydroxylation sites is 1. The predicted octanol–water partition coefficient (Wildman–Crippen LogP) is 2.48. The van der Waals surface area contributed by atoms with Crippen LogP contribution in [0.25, 0.3) is 10.9 Å². The van der Waals surface area contributed by atoms with E-state index in [2.05, 4.69) is 41.2 Å². The zero-order valence-corrected chi connectivity index (χ0v) is 12.4. The first-order valence-electron chi connectivity index (χ1n) is 7.07. The van der Waals surface area contributed by atoms with Gasteiger partial charge >= 0.3 is 0 Å². The third-order valence-corrected chi connectivity index (χ3v) is 3.53. The van der Waals surface area contributed by atoms with Crippen LogP contribution in [0.2, 0.25) is 0 Å². The minimum absolute atomic E-state index is 0.175. The summed E-state index contributed by atoms with van der Waals surface area (Å²) in [6, 6.07) is 10.7. The van der Waals surface area contributed by atoms with Gasteiger partial charge in [0, 0.05) is 37.1 Å². The normalized spacial score (nSPS) is 11.5. The van der Waals surface area contributed by atoms with Crippen molar-refractivity contribution in [1.29, 1.82) is 0 Å². The number of nitrogens with one attached hydrogen (secondary N) is 1. The van der Waals surface area contributed by atoms with E-state index in [0.29, 0.717) is 12.6 Å². The third kappa shape index (κ3) is 3.26. The summed E-state index contributed by atoms with van der Waals surface area (Å²) < 4.78 is 0. The number of anilines is 1. The molecule has 0 amide bonds. The van der Waals surface area contributed by atoms with Gasteiger partial charge in [-0.05, 0) is 26.0 Å². The molecule has 2 rings (SSSR count). The summed E-state index contributed by atoms with van der Waals surface area (Å²) in [5.74, 6) is 0.910. The van der Waals surface area contributed by atoms with Crippen LogP contribution in [0.15, 0.2) is 30.3 Å². The molecule has 0 aliphatic carbocycles. The maximum absolute atomic E-state index is 9.19. The molecule has 4 nitrogen and oxygen atoms in total. The van der Waals surface area contributed by atoms with E-state index >= 15 is 0 Å². The van der Waals surface area contributed by atoms with Gasteiger partial charge in [-0.2, -0.15) is 0 Å². The van der Waals surface area contributed by atoms with Crippen molar-refractivity contribution in [3.63, 3.8) is 0 Å². The van der Waals surface area contributed by atoms with Gasteiger partial charge in [-0.1, -0.05) is 18.2 Å². The molecule has 0 bridgehead atoms. The predicted molar refractivity (Wildman–Crippen MR) is 83.9 cm³/mol. The van der Waals surface area contributed by atoms with Crippen LogP contribution in [0, 0.1) is 0 Å². The minimum atomic E-state index is 0.175. The first-order valence-corrected chi connectivity index (χ1v) is 7.07. The lowest BCUT2D eigenvalue weighted by Gasteiger charge is -2.26. The highest BCUT2D eigenvalue weighted by atomic mass is 16.3. The van der Waals surface area contributed by atoms with E-state index in [1.165, 1.54) is 0 Å². The van der Waals surface area contributed by atoms with Crippen LogP contribution in [0.4, 0.5) is 5.82 Å². The van der Waals surface area contributed by atoms with Crippen LogP contribution in [0.3, 0.4) is 0 Å². The molecule has 0 aliphatic heterocycles. The molecule has 2 aromatic rings. The van der Waals surface area contributed by atoms with Gasteiger partial charge < -0.3 is 10.4 Å². The van der Waals surface area contributed by atoms with Gasteiger partial charge in [0.2, 0.25) is 0 Å². The van der Waals surface area contributed by atoms with Gasteiger partial charge in [0.25, 0.3) is 0 Å². The van der Waals surface area contributed by atoms with Crippen LogP contribution in [-0.2, 0) is 6.54 Å². The van der Waals surface area contributed by atoms with Crippen LogP contribution in [0.1, 0.15) is 19.4 Å². The van der Waals surface area contributed by atoms with Crippen LogP contribution in [0.5, 0.6) is 0 Å². The van der Waals surface area contributed by atoms with E-state index in [-0.39, 0.29) is 6.61 Å². The van der Waals surface area contributed by atoms with Crippen molar-refractivity contribution in [2.45, 2.75) is 26.4 Å². The number of hydrogen-bond acceptors (Lipinski definition) is 4. The Morgan fingerprint density at radius 1 is 1.30 bits per heavy atom. The highest BCUT2D eigenvalue weighted by Crippen LogP contribution is 2.22. The van der Waals surface area contributed by atoms with Crippen molar-refractivity contribution in [2.24, 2.45) is 0 Å². The molecule has 2 N–H and O–H groups in total. The summed E-state index contributed by atoms with van der Waals surface area (Å²) in [6.45, 7) is 5.92. The Labute approximate surface area is 120 Å². The fourth-order valence-electron chi connectivity index (χ4n) is 2.36. The third-order valence-electron chi connectivity index (χ3n) is 3.53. The zero-order chi connectivity index (χ0) is 14.5. The van der Waals surface area contributed by atoms with Gasteiger partial charge in [0.1, 0.15) is 5.82 Å². The SMILES string of the molecule is CNc1nc2ccccc2cc1CN(CCO)C(C)C. The molecule has 4 heteroatoms. The number of aliphatic hydroxyl groups excluding tert-OH is 1. The Morgan fingerprint density at radius 2 is 2.05 bits per heavy atom. The second-order valence-corrected chi connectivity index (χ2v) is 5.23. The Bertz CT molecular complexity index is 569. The molecule has 108 valence electrons. The van der Waals surface area contributed by atoms with Gasteiger partial charge in [-0.15, -0.1) is 0 Å². The van der Waals surface area contributed by atoms with Gasteiger partial charge in [-0.25, -0.2) is 4.98 Å². The molecule has 20 heavy (non-hydrogen) atoms. The van der Waals surface area contributed by atoms with Crippen LogP contribution < -0.4 is 5.32 Å². The van der Waals surface area contributed by atoms with E-state index in [0.717, 1.165) is 28.8 Å². The van der Waals surface area contributed by atoms with Gasteiger partial charge in [0.05, 0.1) is 12.1 Å². The fraction of sp³-hybridized carbons (Fsp3) is 0.438. The highest BCUT2D eigenvalue weighted by Gasteiger charge is 2.13. The number of hydrogen-bond donors (Lipinski definition) is 2. The van der Waals surface area contributed by atoms with Crippen molar-refractivity contribution in [3.05, 3.63) is 35.9 Å². The van der Waals surface area contributed by atoms with E-state index in [1.807, 2.05) is 25.2 Å². The van der Waals surface area contributed by atoms with Crippen LogP contribution in [-0.4, -0.2) is 41.2 Å². The first kappa shape index (κ1) is 14.8. The number of pyridine rings is 1. The van der Waals surface area contributed by atoms with Gasteiger partial charge in [-0.3, -0.25) is 4.90 Å². The summed E-state index contributed by atoms with van der Waals surface area (Å²) >= 11 is 0. The Hall–Kier alpha value is -1.65. The minimum Gasteiger partial charge on any atom is -0.395 e. The summed E-state index contributed by atoms with van der Waals surface area (Å²) in [5, 5.41) is 13.5. The van der Waals surface area contributed by atoms with Crippen molar-refractivity contribution in [2.75, 3.05) is 25.5 Å². The maximum atomic E-state index is 9.19. The second kappa shape index (κ2) is 6.68. The van der Waals surface area contributed by atoms with Gasteiger partial charge in [0.15, 0.2) is 0 Å². The molecule has 0 unspecified atom stereocenters. The lowest BCUT2D eigenvalue weighted by atomic mass is 10.1. The molecule has 0 saturated heterocycles. The monoisotopic (exact) mass is 273 g/mol.